The number of nitrogens with zero attached hydrogens (tertiary/aromatic N) is 2. The summed E-state index contributed by atoms with van der Waals surface area (Å²) in [5.41, 5.74) is 6.22. The summed E-state index contributed by atoms with van der Waals surface area (Å²) >= 11 is 0. The predicted octanol–water partition coefficient (Wildman–Crippen LogP) is 1.73. The van der Waals surface area contributed by atoms with Gasteiger partial charge in [0.05, 0.1) is 6.54 Å². The zero-order valence-electron chi connectivity index (χ0n) is 12.1. The molecule has 2 rings (SSSR count). The lowest BCUT2D eigenvalue weighted by Crippen LogP contribution is -2.25. The summed E-state index contributed by atoms with van der Waals surface area (Å²) in [5, 5.41) is 3.00. The van der Waals surface area contributed by atoms with Gasteiger partial charge in [0, 0.05) is 30.7 Å². The number of hydrogen-bond acceptors (Lipinski definition) is 5. The standard InChI is InChI=1S/C15H20N4O2/c1-2-8-19-9-6-17-14(15(19)20)18-7-10-21-13-5-3-4-12(16)11-13/h3-6,9,11H,2,7-8,10,16H2,1H3,(H,17,18). The van der Waals surface area contributed by atoms with Crippen LogP contribution in [0, 0.1) is 0 Å². The van der Waals surface area contributed by atoms with E-state index >= 15 is 0 Å². The van der Waals surface area contributed by atoms with E-state index in [-0.39, 0.29) is 5.56 Å². The molecule has 6 nitrogen and oxygen atoms in total. The summed E-state index contributed by atoms with van der Waals surface area (Å²) in [4.78, 5) is 16.1. The fourth-order valence-corrected chi connectivity index (χ4v) is 1.93. The van der Waals surface area contributed by atoms with Crippen molar-refractivity contribution in [2.45, 2.75) is 19.9 Å². The van der Waals surface area contributed by atoms with Gasteiger partial charge in [-0.25, -0.2) is 4.98 Å². The van der Waals surface area contributed by atoms with Crippen LogP contribution in [0.4, 0.5) is 11.5 Å². The number of ether oxygens (including phenoxy) is 1. The highest BCUT2D eigenvalue weighted by atomic mass is 16.5. The molecular formula is C15H20N4O2. The second-order valence-corrected chi connectivity index (χ2v) is 4.62. The van der Waals surface area contributed by atoms with Gasteiger partial charge in [0.15, 0.2) is 5.82 Å². The molecule has 3 N–H and O–H groups in total. The van der Waals surface area contributed by atoms with Gasteiger partial charge < -0.3 is 20.4 Å². The largest absolute Gasteiger partial charge is 0.492 e. The summed E-state index contributed by atoms with van der Waals surface area (Å²) in [5.74, 6) is 1.06. The maximum atomic E-state index is 12.0. The van der Waals surface area contributed by atoms with Crippen LogP contribution >= 0.6 is 0 Å². The quantitative estimate of drug-likeness (QED) is 0.599. The normalized spacial score (nSPS) is 10.3. The van der Waals surface area contributed by atoms with E-state index in [2.05, 4.69) is 10.3 Å². The molecule has 1 heterocycles. The molecule has 0 saturated carbocycles. The molecule has 2 aromatic rings. The van der Waals surface area contributed by atoms with E-state index in [4.69, 9.17) is 10.5 Å². The summed E-state index contributed by atoms with van der Waals surface area (Å²) in [6.45, 7) is 3.63. The van der Waals surface area contributed by atoms with Crippen LogP contribution in [-0.4, -0.2) is 22.7 Å². The van der Waals surface area contributed by atoms with Gasteiger partial charge in [0.25, 0.3) is 5.56 Å². The second kappa shape index (κ2) is 7.33. The fourth-order valence-electron chi connectivity index (χ4n) is 1.93. The van der Waals surface area contributed by atoms with E-state index in [0.717, 1.165) is 6.42 Å². The minimum Gasteiger partial charge on any atom is -0.492 e. The van der Waals surface area contributed by atoms with E-state index in [1.165, 1.54) is 0 Å². The van der Waals surface area contributed by atoms with Gasteiger partial charge in [0.2, 0.25) is 0 Å². The monoisotopic (exact) mass is 288 g/mol. The van der Waals surface area contributed by atoms with Crippen molar-refractivity contribution in [3.63, 3.8) is 0 Å². The zero-order chi connectivity index (χ0) is 15.1. The molecule has 0 spiro atoms. The summed E-state index contributed by atoms with van der Waals surface area (Å²) < 4.78 is 7.19. The van der Waals surface area contributed by atoms with Crippen LogP contribution in [0.15, 0.2) is 41.5 Å². The Morgan fingerprint density at radius 2 is 2.29 bits per heavy atom. The molecule has 0 atom stereocenters. The van der Waals surface area contributed by atoms with E-state index in [1.807, 2.05) is 19.1 Å². The Bertz CT molecular complexity index is 640. The molecule has 0 fully saturated rings. The van der Waals surface area contributed by atoms with Gasteiger partial charge in [-0.05, 0) is 18.6 Å². The van der Waals surface area contributed by atoms with Crippen LogP contribution in [0.1, 0.15) is 13.3 Å². The van der Waals surface area contributed by atoms with Crippen molar-refractivity contribution in [3.05, 3.63) is 47.0 Å². The van der Waals surface area contributed by atoms with E-state index in [9.17, 15) is 4.79 Å². The zero-order valence-corrected chi connectivity index (χ0v) is 12.1. The van der Waals surface area contributed by atoms with Crippen molar-refractivity contribution < 1.29 is 4.74 Å². The molecule has 0 aliphatic heterocycles. The Hall–Kier alpha value is -2.50. The highest BCUT2D eigenvalue weighted by Gasteiger charge is 2.03. The first-order valence-electron chi connectivity index (χ1n) is 6.98. The molecule has 1 aromatic carbocycles. The molecular weight excluding hydrogens is 268 g/mol. The van der Waals surface area contributed by atoms with Crippen LogP contribution < -0.4 is 21.3 Å². The highest BCUT2D eigenvalue weighted by Crippen LogP contribution is 2.13. The number of aryl methyl sites for hydroxylation is 1. The van der Waals surface area contributed by atoms with Crippen LogP contribution in [-0.2, 0) is 6.54 Å². The van der Waals surface area contributed by atoms with Crippen LogP contribution in [0.2, 0.25) is 0 Å². The van der Waals surface area contributed by atoms with E-state index < -0.39 is 0 Å². The van der Waals surface area contributed by atoms with Crippen molar-refractivity contribution in [2.24, 2.45) is 0 Å². The third-order valence-corrected chi connectivity index (χ3v) is 2.90. The van der Waals surface area contributed by atoms with E-state index in [0.29, 0.717) is 37.0 Å². The maximum Gasteiger partial charge on any atom is 0.293 e. The summed E-state index contributed by atoms with van der Waals surface area (Å²) in [7, 11) is 0. The Labute approximate surface area is 123 Å². The third-order valence-electron chi connectivity index (χ3n) is 2.90. The molecule has 21 heavy (non-hydrogen) atoms. The molecule has 0 aliphatic rings. The van der Waals surface area contributed by atoms with Gasteiger partial charge in [-0.3, -0.25) is 4.79 Å². The van der Waals surface area contributed by atoms with Gasteiger partial charge in [0.1, 0.15) is 12.4 Å². The lowest BCUT2D eigenvalue weighted by molar-refractivity contribution is 0.333. The predicted molar refractivity (Wildman–Crippen MR) is 83.6 cm³/mol. The lowest BCUT2D eigenvalue weighted by Gasteiger charge is -2.09. The van der Waals surface area contributed by atoms with Crippen molar-refractivity contribution in [1.82, 2.24) is 9.55 Å². The molecule has 0 bridgehead atoms. The van der Waals surface area contributed by atoms with Gasteiger partial charge in [-0.1, -0.05) is 13.0 Å². The molecule has 0 amide bonds. The van der Waals surface area contributed by atoms with Crippen molar-refractivity contribution in [3.8, 4) is 5.75 Å². The fraction of sp³-hybridized carbons (Fsp3) is 0.333. The second-order valence-electron chi connectivity index (χ2n) is 4.62. The van der Waals surface area contributed by atoms with Crippen LogP contribution in [0.5, 0.6) is 5.75 Å². The summed E-state index contributed by atoms with van der Waals surface area (Å²) in [6, 6.07) is 7.23. The third kappa shape index (κ3) is 4.24. The number of aromatic nitrogens is 2. The van der Waals surface area contributed by atoms with E-state index in [1.54, 1.807) is 29.1 Å². The number of nitrogens with two attached hydrogens (primary N) is 1. The van der Waals surface area contributed by atoms with Gasteiger partial charge in [-0.2, -0.15) is 0 Å². The van der Waals surface area contributed by atoms with Crippen molar-refractivity contribution >= 4 is 11.5 Å². The molecule has 0 aliphatic carbocycles. The number of nitrogen functional groups attached to an aromatic ring is 1. The number of nitrogens with one attached hydrogen (secondary N) is 1. The first-order chi connectivity index (χ1) is 10.2. The van der Waals surface area contributed by atoms with Crippen molar-refractivity contribution in [2.75, 3.05) is 24.2 Å². The molecule has 6 heteroatoms. The minimum absolute atomic E-state index is 0.108. The molecule has 1 aromatic heterocycles. The van der Waals surface area contributed by atoms with Crippen LogP contribution in [0.25, 0.3) is 0 Å². The van der Waals surface area contributed by atoms with Gasteiger partial charge >= 0.3 is 0 Å². The first kappa shape index (κ1) is 14.9. The lowest BCUT2D eigenvalue weighted by atomic mass is 10.3. The average molecular weight is 288 g/mol. The summed E-state index contributed by atoms with van der Waals surface area (Å²) in [6.07, 6.45) is 4.22. The Morgan fingerprint density at radius 3 is 3.05 bits per heavy atom. The van der Waals surface area contributed by atoms with Crippen LogP contribution in [0.3, 0.4) is 0 Å². The number of hydrogen-bond donors (Lipinski definition) is 2. The average Bonchev–Trinajstić information content (AvgIpc) is 2.47. The first-order valence-corrected chi connectivity index (χ1v) is 6.98. The number of anilines is 2. The SMILES string of the molecule is CCCn1ccnc(NCCOc2cccc(N)c2)c1=O. The molecule has 0 saturated heterocycles. The Kier molecular flexibility index (Phi) is 5.20. The maximum absolute atomic E-state index is 12.0. The van der Waals surface area contributed by atoms with Gasteiger partial charge in [-0.15, -0.1) is 0 Å². The number of benzene rings is 1. The number of rotatable bonds is 7. The smallest absolute Gasteiger partial charge is 0.293 e. The molecule has 0 unspecified atom stereocenters. The minimum atomic E-state index is -0.108. The Morgan fingerprint density at radius 1 is 1.43 bits per heavy atom. The topological polar surface area (TPSA) is 82.2 Å². The Balaban J connectivity index is 1.86. The van der Waals surface area contributed by atoms with Crippen molar-refractivity contribution in [1.29, 1.82) is 0 Å². The highest BCUT2D eigenvalue weighted by molar-refractivity contribution is 5.43. The molecule has 0 radical (unpaired) electrons. The molecule has 112 valence electrons.